The number of anilines is 2. The van der Waals surface area contributed by atoms with E-state index in [2.05, 4.69) is 22.5 Å². The van der Waals surface area contributed by atoms with Crippen molar-refractivity contribution in [1.29, 1.82) is 0 Å². The van der Waals surface area contributed by atoms with Crippen LogP contribution in [-0.2, 0) is 16.1 Å². The molecule has 6 nitrogen and oxygen atoms in total. The van der Waals surface area contributed by atoms with Crippen LogP contribution in [0.15, 0.2) is 53.4 Å². The van der Waals surface area contributed by atoms with Gasteiger partial charge in [-0.15, -0.1) is 11.8 Å². The van der Waals surface area contributed by atoms with Crippen molar-refractivity contribution in [1.82, 2.24) is 9.55 Å². The van der Waals surface area contributed by atoms with Crippen molar-refractivity contribution in [3.05, 3.63) is 48.5 Å². The summed E-state index contributed by atoms with van der Waals surface area (Å²) < 4.78 is 2.01. The van der Waals surface area contributed by atoms with Gasteiger partial charge in [-0.3, -0.25) is 14.9 Å². The number of hydrogen-bond acceptors (Lipinski definition) is 4. The third-order valence-corrected chi connectivity index (χ3v) is 5.71. The number of aryl methyl sites for hydroxylation is 1. The lowest BCUT2D eigenvalue weighted by Crippen LogP contribution is -2.32. The fraction of sp³-hybridized carbons (Fsp3) is 0.250. The maximum atomic E-state index is 12.6. The maximum absolute atomic E-state index is 12.6. The summed E-state index contributed by atoms with van der Waals surface area (Å²) in [4.78, 5) is 30.5. The number of imidazole rings is 1. The molecule has 2 amide bonds. The molecule has 4 rings (SSSR count). The number of nitrogens with zero attached hydrogens (tertiary/aromatic N) is 2. The lowest BCUT2D eigenvalue weighted by atomic mass is 10.2. The summed E-state index contributed by atoms with van der Waals surface area (Å²) >= 11 is 1.42. The zero-order valence-corrected chi connectivity index (χ0v) is 15.8. The average Bonchev–Trinajstić information content (AvgIpc) is 3.00. The van der Waals surface area contributed by atoms with Crippen molar-refractivity contribution in [2.75, 3.05) is 10.6 Å². The van der Waals surface area contributed by atoms with Crippen LogP contribution >= 0.6 is 11.8 Å². The molecule has 0 saturated heterocycles. The molecule has 7 heteroatoms. The molecule has 2 heterocycles. The third kappa shape index (κ3) is 3.55. The Balaban J connectivity index is 1.51. The minimum Gasteiger partial charge on any atom is -0.324 e. The molecule has 2 aromatic carbocycles. The molecule has 1 atom stereocenters. The first kappa shape index (κ1) is 17.6. The van der Waals surface area contributed by atoms with Gasteiger partial charge in [0.25, 0.3) is 0 Å². The van der Waals surface area contributed by atoms with Crippen molar-refractivity contribution in [2.45, 2.75) is 36.5 Å². The number of para-hydroxylation sites is 3. The van der Waals surface area contributed by atoms with E-state index in [4.69, 9.17) is 0 Å². The highest BCUT2D eigenvalue weighted by Gasteiger charge is 2.29. The fourth-order valence-electron chi connectivity index (χ4n) is 3.19. The van der Waals surface area contributed by atoms with Gasteiger partial charge in [-0.2, -0.15) is 0 Å². The van der Waals surface area contributed by atoms with Crippen LogP contribution in [0, 0.1) is 0 Å². The minimum absolute atomic E-state index is 0.0974. The standard InChI is InChI=1S/C20H20N4O2S/c1-2-11-24-15-9-5-3-7-13(15)22-20(24)23-18(25)12-17-19(26)21-14-8-4-6-10-16(14)27-17/h3-10,17H,2,11-12H2,1H3,(H,21,26)(H,22,23,25). The number of benzene rings is 2. The van der Waals surface area contributed by atoms with Crippen LogP contribution in [-0.4, -0.2) is 26.6 Å². The average molecular weight is 380 g/mol. The number of carbonyl (C=O) groups excluding carboxylic acids is 2. The van der Waals surface area contributed by atoms with Gasteiger partial charge in [0.1, 0.15) is 0 Å². The second kappa shape index (κ2) is 7.44. The van der Waals surface area contributed by atoms with Gasteiger partial charge < -0.3 is 9.88 Å². The van der Waals surface area contributed by atoms with Crippen molar-refractivity contribution in [3.8, 4) is 0 Å². The van der Waals surface area contributed by atoms with Gasteiger partial charge in [0, 0.05) is 17.9 Å². The highest BCUT2D eigenvalue weighted by Crippen LogP contribution is 2.36. The number of nitrogens with one attached hydrogen (secondary N) is 2. The number of fused-ring (bicyclic) bond motifs is 2. The lowest BCUT2D eigenvalue weighted by molar-refractivity contribution is -0.120. The molecule has 0 saturated carbocycles. The van der Waals surface area contributed by atoms with E-state index in [1.54, 1.807) is 0 Å². The number of amides is 2. The smallest absolute Gasteiger partial charge is 0.238 e. The largest absolute Gasteiger partial charge is 0.324 e. The van der Waals surface area contributed by atoms with E-state index in [1.165, 1.54) is 11.8 Å². The van der Waals surface area contributed by atoms with Crippen LogP contribution in [0.1, 0.15) is 19.8 Å². The third-order valence-electron chi connectivity index (χ3n) is 4.43. The van der Waals surface area contributed by atoms with Gasteiger partial charge in [-0.05, 0) is 30.7 Å². The first-order valence-electron chi connectivity index (χ1n) is 8.97. The predicted octanol–water partition coefficient (Wildman–Crippen LogP) is 3.89. The molecule has 1 aromatic heterocycles. The van der Waals surface area contributed by atoms with Gasteiger partial charge in [-0.1, -0.05) is 31.2 Å². The molecule has 0 radical (unpaired) electrons. The number of aromatic nitrogens is 2. The van der Waals surface area contributed by atoms with Crippen molar-refractivity contribution in [3.63, 3.8) is 0 Å². The Morgan fingerprint density at radius 3 is 2.85 bits per heavy atom. The van der Waals surface area contributed by atoms with Crippen LogP contribution in [0.25, 0.3) is 11.0 Å². The highest BCUT2D eigenvalue weighted by atomic mass is 32.2. The highest BCUT2D eigenvalue weighted by molar-refractivity contribution is 8.01. The second-order valence-corrected chi connectivity index (χ2v) is 7.66. The van der Waals surface area contributed by atoms with Gasteiger partial charge in [-0.25, -0.2) is 4.98 Å². The molecule has 0 aliphatic carbocycles. The monoisotopic (exact) mass is 380 g/mol. The molecule has 1 aliphatic heterocycles. The molecular weight excluding hydrogens is 360 g/mol. The molecule has 1 unspecified atom stereocenters. The quantitative estimate of drug-likeness (QED) is 0.704. The first-order valence-corrected chi connectivity index (χ1v) is 9.85. The Labute approximate surface area is 161 Å². The Morgan fingerprint density at radius 2 is 2.00 bits per heavy atom. The lowest BCUT2D eigenvalue weighted by Gasteiger charge is -2.23. The summed E-state index contributed by atoms with van der Waals surface area (Å²) in [6.45, 7) is 2.85. The molecule has 1 aliphatic rings. The number of rotatable bonds is 5. The molecule has 0 bridgehead atoms. The van der Waals surface area contributed by atoms with Crippen molar-refractivity contribution >= 4 is 46.2 Å². The van der Waals surface area contributed by atoms with Crippen LogP contribution in [0.5, 0.6) is 0 Å². The summed E-state index contributed by atoms with van der Waals surface area (Å²) in [5.41, 5.74) is 2.64. The van der Waals surface area contributed by atoms with E-state index in [0.717, 1.165) is 34.6 Å². The zero-order valence-electron chi connectivity index (χ0n) is 14.9. The molecule has 0 fully saturated rings. The molecule has 138 valence electrons. The predicted molar refractivity (Wildman–Crippen MR) is 108 cm³/mol. The van der Waals surface area contributed by atoms with Crippen LogP contribution < -0.4 is 10.6 Å². The molecule has 0 spiro atoms. The van der Waals surface area contributed by atoms with Gasteiger partial charge in [0.05, 0.1) is 22.0 Å². The number of hydrogen-bond donors (Lipinski definition) is 2. The summed E-state index contributed by atoms with van der Waals surface area (Å²) in [5, 5.41) is 5.31. The fourth-order valence-corrected chi connectivity index (χ4v) is 4.30. The van der Waals surface area contributed by atoms with Gasteiger partial charge in [0.15, 0.2) is 0 Å². The zero-order chi connectivity index (χ0) is 18.8. The van der Waals surface area contributed by atoms with Crippen molar-refractivity contribution in [2.24, 2.45) is 0 Å². The Kier molecular flexibility index (Phi) is 4.85. The van der Waals surface area contributed by atoms with Crippen LogP contribution in [0.2, 0.25) is 0 Å². The molecule has 2 N–H and O–H groups in total. The topological polar surface area (TPSA) is 76.0 Å². The first-order chi connectivity index (χ1) is 13.2. The van der Waals surface area contributed by atoms with E-state index in [1.807, 2.05) is 53.1 Å². The minimum atomic E-state index is -0.455. The van der Waals surface area contributed by atoms with Gasteiger partial charge >= 0.3 is 0 Å². The second-order valence-electron chi connectivity index (χ2n) is 6.42. The van der Waals surface area contributed by atoms with Gasteiger partial charge in [0.2, 0.25) is 17.8 Å². The van der Waals surface area contributed by atoms with Crippen LogP contribution in [0.4, 0.5) is 11.6 Å². The molecule has 27 heavy (non-hydrogen) atoms. The van der Waals surface area contributed by atoms with E-state index >= 15 is 0 Å². The molecule has 3 aromatic rings. The van der Waals surface area contributed by atoms with E-state index in [9.17, 15) is 9.59 Å². The summed E-state index contributed by atoms with van der Waals surface area (Å²) in [5.74, 6) is 0.176. The van der Waals surface area contributed by atoms with E-state index in [0.29, 0.717) is 5.95 Å². The Bertz CT molecular complexity index is 1010. The molecular formula is C20H20N4O2S. The Hall–Kier alpha value is -2.80. The van der Waals surface area contributed by atoms with E-state index < -0.39 is 5.25 Å². The summed E-state index contributed by atoms with van der Waals surface area (Å²) in [6, 6.07) is 15.4. The number of thioether (sulfide) groups is 1. The number of carbonyl (C=O) groups is 2. The maximum Gasteiger partial charge on any atom is 0.238 e. The summed E-state index contributed by atoms with van der Waals surface area (Å²) in [7, 11) is 0. The SMILES string of the molecule is CCCn1c(NC(=O)CC2Sc3ccccc3NC2=O)nc2ccccc21. The van der Waals surface area contributed by atoms with Crippen molar-refractivity contribution < 1.29 is 9.59 Å². The summed E-state index contributed by atoms with van der Waals surface area (Å²) in [6.07, 6.45) is 1.03. The van der Waals surface area contributed by atoms with Crippen LogP contribution in [0.3, 0.4) is 0 Å². The van der Waals surface area contributed by atoms with E-state index in [-0.39, 0.29) is 18.2 Å². The normalized spacial score (nSPS) is 16.0. The Morgan fingerprint density at radius 1 is 1.22 bits per heavy atom.